The topological polar surface area (TPSA) is 48.0 Å². The zero-order chi connectivity index (χ0) is 19.4. The lowest BCUT2D eigenvalue weighted by atomic mass is 10.1. The number of carbonyl (C=O) groups is 1. The Morgan fingerprint density at radius 1 is 0.815 bits per heavy atom. The highest BCUT2D eigenvalue weighted by molar-refractivity contribution is 5.97. The molecule has 0 aliphatic carbocycles. The van der Waals surface area contributed by atoms with E-state index in [1.165, 1.54) is 0 Å². The summed E-state index contributed by atoms with van der Waals surface area (Å²) < 4.78 is 15.8. The van der Waals surface area contributed by atoms with Gasteiger partial charge in [0.15, 0.2) is 0 Å². The minimum absolute atomic E-state index is 0.124. The van der Waals surface area contributed by atoms with Gasteiger partial charge in [-0.15, -0.1) is 0 Å². The molecule has 0 radical (unpaired) electrons. The third kappa shape index (κ3) is 3.97. The minimum atomic E-state index is -0.124. The molecule has 3 aromatic carbocycles. The number of benzene rings is 3. The van der Waals surface area contributed by atoms with Gasteiger partial charge in [-0.2, -0.15) is 0 Å². The molecule has 0 saturated carbocycles. The first-order valence-electron chi connectivity index (χ1n) is 8.60. The summed E-state index contributed by atoms with van der Waals surface area (Å²) in [5.74, 6) is 1.85. The van der Waals surface area contributed by atoms with Crippen LogP contribution in [0.2, 0.25) is 0 Å². The van der Waals surface area contributed by atoms with Gasteiger partial charge in [-0.25, -0.2) is 0 Å². The molecule has 5 heteroatoms. The van der Waals surface area contributed by atoms with Gasteiger partial charge in [0.2, 0.25) is 0 Å². The van der Waals surface area contributed by atoms with E-state index in [0.717, 1.165) is 22.1 Å². The lowest BCUT2D eigenvalue weighted by Gasteiger charge is -2.19. The summed E-state index contributed by atoms with van der Waals surface area (Å²) in [6.45, 7) is 0.487. The predicted molar refractivity (Wildman–Crippen MR) is 106 cm³/mol. The summed E-state index contributed by atoms with van der Waals surface area (Å²) in [5, 5.41) is 2.20. The lowest BCUT2D eigenvalue weighted by Crippen LogP contribution is -2.26. The van der Waals surface area contributed by atoms with Crippen molar-refractivity contribution in [3.63, 3.8) is 0 Å². The number of methoxy groups -OCH3 is 3. The summed E-state index contributed by atoms with van der Waals surface area (Å²) in [5.41, 5.74) is 1.52. The Bertz CT molecular complexity index is 968. The molecule has 0 atom stereocenters. The van der Waals surface area contributed by atoms with Gasteiger partial charge in [0, 0.05) is 13.6 Å². The zero-order valence-corrected chi connectivity index (χ0v) is 16.0. The van der Waals surface area contributed by atoms with E-state index in [1.54, 1.807) is 51.5 Å². The Kier molecular flexibility index (Phi) is 5.50. The molecule has 5 nitrogen and oxygen atoms in total. The predicted octanol–water partition coefficient (Wildman–Crippen LogP) is 4.14. The van der Waals surface area contributed by atoms with Crippen molar-refractivity contribution < 1.29 is 19.0 Å². The van der Waals surface area contributed by atoms with Gasteiger partial charge in [-0.3, -0.25) is 4.79 Å². The maximum Gasteiger partial charge on any atom is 0.257 e. The zero-order valence-electron chi connectivity index (χ0n) is 16.0. The molecule has 0 unspecified atom stereocenters. The molecule has 0 N–H and O–H groups in total. The summed E-state index contributed by atoms with van der Waals surface area (Å²) >= 11 is 0. The maximum atomic E-state index is 12.9. The molecule has 1 amide bonds. The summed E-state index contributed by atoms with van der Waals surface area (Å²) in [7, 11) is 6.56. The second kappa shape index (κ2) is 7.99. The summed E-state index contributed by atoms with van der Waals surface area (Å²) in [6.07, 6.45) is 0. The third-order valence-corrected chi connectivity index (χ3v) is 4.52. The average Bonchev–Trinajstić information content (AvgIpc) is 2.72. The first kappa shape index (κ1) is 18.6. The van der Waals surface area contributed by atoms with Crippen molar-refractivity contribution in [2.45, 2.75) is 6.54 Å². The molecule has 0 spiro atoms. The first-order valence-corrected chi connectivity index (χ1v) is 8.60. The molecule has 3 aromatic rings. The highest BCUT2D eigenvalue weighted by Crippen LogP contribution is 2.26. The molecule has 0 aliphatic rings. The minimum Gasteiger partial charge on any atom is -0.497 e. The van der Waals surface area contributed by atoms with Gasteiger partial charge in [0.1, 0.15) is 17.2 Å². The number of hydrogen-bond acceptors (Lipinski definition) is 4. The number of amides is 1. The fourth-order valence-electron chi connectivity index (χ4n) is 3.03. The molecule has 0 saturated heterocycles. The first-order chi connectivity index (χ1) is 13.0. The van der Waals surface area contributed by atoms with Crippen LogP contribution >= 0.6 is 0 Å². The monoisotopic (exact) mass is 365 g/mol. The Hall–Kier alpha value is -3.21. The second-order valence-electron chi connectivity index (χ2n) is 6.27. The van der Waals surface area contributed by atoms with E-state index in [1.807, 2.05) is 30.3 Å². The normalized spacial score (nSPS) is 10.5. The molecule has 0 fully saturated rings. The maximum absolute atomic E-state index is 12.9. The molecule has 27 heavy (non-hydrogen) atoms. The number of ether oxygens (including phenoxy) is 3. The van der Waals surface area contributed by atoms with Crippen LogP contribution in [0, 0.1) is 0 Å². The van der Waals surface area contributed by atoms with Crippen LogP contribution in [0.4, 0.5) is 0 Å². The van der Waals surface area contributed by atoms with Crippen LogP contribution in [0.15, 0.2) is 54.6 Å². The SMILES string of the molecule is COc1ccc(OC)c(C(=O)N(C)Cc2ccc3cc(OC)ccc3c2)c1. The third-order valence-electron chi connectivity index (χ3n) is 4.52. The Labute approximate surface area is 159 Å². The number of rotatable bonds is 6. The smallest absolute Gasteiger partial charge is 0.257 e. The molecule has 0 bridgehead atoms. The number of carbonyl (C=O) groups excluding carboxylic acids is 1. The van der Waals surface area contributed by atoms with E-state index in [0.29, 0.717) is 23.6 Å². The van der Waals surface area contributed by atoms with E-state index >= 15 is 0 Å². The number of nitrogens with zero attached hydrogens (tertiary/aromatic N) is 1. The van der Waals surface area contributed by atoms with Crippen molar-refractivity contribution in [1.29, 1.82) is 0 Å². The standard InChI is InChI=1S/C22H23NO4/c1-23(22(24)20-13-19(26-3)9-10-21(20)27-4)14-15-5-6-17-12-18(25-2)8-7-16(17)11-15/h5-13H,14H2,1-4H3. The molecule has 0 aliphatic heterocycles. The number of fused-ring (bicyclic) bond motifs is 1. The molecule has 0 aromatic heterocycles. The van der Waals surface area contributed by atoms with Crippen LogP contribution in [0.3, 0.4) is 0 Å². The highest BCUT2D eigenvalue weighted by atomic mass is 16.5. The molecular weight excluding hydrogens is 342 g/mol. The lowest BCUT2D eigenvalue weighted by molar-refractivity contribution is 0.0781. The fraction of sp³-hybridized carbons (Fsp3) is 0.227. The molecular formula is C22H23NO4. The summed E-state index contributed by atoms with van der Waals surface area (Å²) in [4.78, 5) is 14.6. The average molecular weight is 365 g/mol. The largest absolute Gasteiger partial charge is 0.497 e. The van der Waals surface area contributed by atoms with Crippen molar-refractivity contribution >= 4 is 16.7 Å². The highest BCUT2D eigenvalue weighted by Gasteiger charge is 2.18. The van der Waals surface area contributed by atoms with Crippen molar-refractivity contribution in [2.24, 2.45) is 0 Å². The van der Waals surface area contributed by atoms with Gasteiger partial charge in [-0.1, -0.05) is 18.2 Å². The van der Waals surface area contributed by atoms with E-state index in [9.17, 15) is 4.79 Å². The fourth-order valence-corrected chi connectivity index (χ4v) is 3.03. The van der Waals surface area contributed by atoms with Crippen molar-refractivity contribution in [1.82, 2.24) is 4.90 Å². The molecule has 140 valence electrons. The van der Waals surface area contributed by atoms with Gasteiger partial charge in [-0.05, 0) is 52.7 Å². The van der Waals surface area contributed by atoms with Crippen LogP contribution in [0.5, 0.6) is 17.2 Å². The van der Waals surface area contributed by atoms with E-state index in [2.05, 4.69) is 6.07 Å². The van der Waals surface area contributed by atoms with E-state index in [-0.39, 0.29) is 5.91 Å². The van der Waals surface area contributed by atoms with Crippen LogP contribution in [-0.2, 0) is 6.54 Å². The van der Waals surface area contributed by atoms with Crippen molar-refractivity contribution in [2.75, 3.05) is 28.4 Å². The second-order valence-corrected chi connectivity index (χ2v) is 6.27. The van der Waals surface area contributed by atoms with Crippen LogP contribution in [-0.4, -0.2) is 39.2 Å². The quantitative estimate of drug-likeness (QED) is 0.659. The molecule has 0 heterocycles. The van der Waals surface area contributed by atoms with E-state index in [4.69, 9.17) is 14.2 Å². The Morgan fingerprint density at radius 3 is 2.15 bits per heavy atom. The van der Waals surface area contributed by atoms with Crippen molar-refractivity contribution in [3.8, 4) is 17.2 Å². The van der Waals surface area contributed by atoms with Crippen LogP contribution < -0.4 is 14.2 Å². The van der Waals surface area contributed by atoms with Gasteiger partial charge < -0.3 is 19.1 Å². The number of hydrogen-bond donors (Lipinski definition) is 0. The Morgan fingerprint density at radius 2 is 1.44 bits per heavy atom. The Balaban J connectivity index is 1.83. The molecule has 3 rings (SSSR count). The van der Waals surface area contributed by atoms with Gasteiger partial charge in [0.05, 0.1) is 26.9 Å². The van der Waals surface area contributed by atoms with Crippen molar-refractivity contribution in [3.05, 3.63) is 65.7 Å². The van der Waals surface area contributed by atoms with E-state index < -0.39 is 0 Å². The van der Waals surface area contributed by atoms with Crippen LogP contribution in [0.25, 0.3) is 10.8 Å². The van der Waals surface area contributed by atoms with Gasteiger partial charge in [0.25, 0.3) is 5.91 Å². The van der Waals surface area contributed by atoms with Gasteiger partial charge >= 0.3 is 0 Å². The van der Waals surface area contributed by atoms with Crippen LogP contribution in [0.1, 0.15) is 15.9 Å². The summed E-state index contributed by atoms with van der Waals surface area (Å²) in [6, 6.07) is 17.3.